The number of ether oxygens (including phenoxy) is 3. The summed E-state index contributed by atoms with van der Waals surface area (Å²) >= 11 is 0. The molecule has 2 rings (SSSR count). The van der Waals surface area contributed by atoms with Crippen molar-refractivity contribution < 1.29 is 23.9 Å². The van der Waals surface area contributed by atoms with Gasteiger partial charge >= 0.3 is 0 Å². The first-order chi connectivity index (χ1) is 12.9. The van der Waals surface area contributed by atoms with Crippen LogP contribution in [-0.4, -0.2) is 31.7 Å². The Hall–Kier alpha value is -3.29. The summed E-state index contributed by atoms with van der Waals surface area (Å²) in [4.78, 5) is 23.3. The number of rotatable bonds is 8. The molecule has 0 radical (unpaired) electrons. The van der Waals surface area contributed by atoms with Crippen LogP contribution in [0.4, 0.5) is 5.69 Å². The van der Waals surface area contributed by atoms with E-state index in [1.807, 2.05) is 25.1 Å². The van der Waals surface area contributed by atoms with Crippen molar-refractivity contribution in [1.29, 1.82) is 0 Å². The fourth-order valence-corrected chi connectivity index (χ4v) is 2.56. The number of nitrogens with zero attached hydrogens (tertiary/aromatic N) is 1. The Morgan fingerprint density at radius 3 is 2.41 bits per heavy atom. The minimum absolute atomic E-state index is 0.0941. The van der Waals surface area contributed by atoms with Crippen molar-refractivity contribution in [2.24, 2.45) is 0 Å². The van der Waals surface area contributed by atoms with Crippen LogP contribution >= 0.6 is 0 Å². The van der Waals surface area contributed by atoms with Crippen LogP contribution in [0.25, 0.3) is 0 Å². The van der Waals surface area contributed by atoms with Gasteiger partial charge in [0, 0.05) is 12.6 Å². The molecule has 0 aliphatic rings. The lowest BCUT2D eigenvalue weighted by atomic mass is 10.1. The first kappa shape index (κ1) is 20.0. The van der Waals surface area contributed by atoms with Crippen molar-refractivity contribution in [3.8, 4) is 17.2 Å². The van der Waals surface area contributed by atoms with Crippen molar-refractivity contribution >= 4 is 11.6 Å². The molecule has 0 saturated carbocycles. The highest BCUT2D eigenvalue weighted by Crippen LogP contribution is 2.34. The number of hydrogen-bond acceptors (Lipinski definition) is 6. The van der Waals surface area contributed by atoms with E-state index in [1.54, 1.807) is 14.0 Å². The van der Waals surface area contributed by atoms with Crippen LogP contribution in [-0.2, 0) is 6.54 Å². The average Bonchev–Trinajstić information content (AvgIpc) is 2.66. The number of hydrogen-bond donors (Lipinski definition) is 1. The van der Waals surface area contributed by atoms with E-state index in [9.17, 15) is 14.9 Å². The summed E-state index contributed by atoms with van der Waals surface area (Å²) in [5.74, 6) is 0.594. The number of benzene rings is 2. The van der Waals surface area contributed by atoms with E-state index in [0.29, 0.717) is 12.4 Å². The van der Waals surface area contributed by atoms with E-state index in [0.717, 1.165) is 11.1 Å². The van der Waals surface area contributed by atoms with Gasteiger partial charge in [-0.3, -0.25) is 14.9 Å². The summed E-state index contributed by atoms with van der Waals surface area (Å²) in [5, 5.41) is 14.1. The van der Waals surface area contributed by atoms with Crippen molar-refractivity contribution in [1.82, 2.24) is 5.32 Å². The maximum Gasteiger partial charge on any atom is 0.286 e. The molecule has 0 unspecified atom stereocenters. The molecule has 0 aliphatic carbocycles. The highest BCUT2D eigenvalue weighted by molar-refractivity contribution is 5.99. The van der Waals surface area contributed by atoms with Gasteiger partial charge in [0.2, 0.25) is 0 Å². The van der Waals surface area contributed by atoms with Crippen LogP contribution in [0.15, 0.2) is 30.3 Å². The van der Waals surface area contributed by atoms with Crippen LogP contribution in [0.2, 0.25) is 0 Å². The van der Waals surface area contributed by atoms with Crippen molar-refractivity contribution in [2.75, 3.05) is 20.8 Å². The lowest BCUT2D eigenvalue weighted by Gasteiger charge is -2.12. The molecule has 0 bridgehead atoms. The topological polar surface area (TPSA) is 99.9 Å². The Morgan fingerprint density at radius 2 is 1.81 bits per heavy atom. The second kappa shape index (κ2) is 8.88. The fourth-order valence-electron chi connectivity index (χ4n) is 2.56. The Balaban J connectivity index is 2.28. The predicted molar refractivity (Wildman–Crippen MR) is 99.7 cm³/mol. The van der Waals surface area contributed by atoms with E-state index in [-0.39, 0.29) is 29.3 Å². The third kappa shape index (κ3) is 4.66. The molecule has 2 aromatic carbocycles. The maximum atomic E-state index is 12.6. The van der Waals surface area contributed by atoms with Gasteiger partial charge in [0.25, 0.3) is 11.6 Å². The summed E-state index contributed by atoms with van der Waals surface area (Å²) in [7, 11) is 2.95. The first-order valence-electron chi connectivity index (χ1n) is 8.32. The number of nitro groups is 1. The summed E-state index contributed by atoms with van der Waals surface area (Å²) in [6.45, 7) is 4.21. The van der Waals surface area contributed by atoms with Gasteiger partial charge in [-0.15, -0.1) is 0 Å². The Labute approximate surface area is 157 Å². The van der Waals surface area contributed by atoms with Gasteiger partial charge in [-0.1, -0.05) is 12.1 Å². The molecule has 0 heterocycles. The molecular formula is C19H22N2O6. The van der Waals surface area contributed by atoms with Crippen molar-refractivity contribution in [3.05, 3.63) is 57.1 Å². The zero-order valence-electron chi connectivity index (χ0n) is 15.7. The standard InChI is InChI=1S/C19H22N2O6/c1-5-27-18-9-14(15(21(23)24)10-17(18)26-4)19(22)20-11-13-7-6-12(2)16(8-13)25-3/h6-10H,5,11H2,1-4H3,(H,20,22). The second-order valence-electron chi connectivity index (χ2n) is 5.70. The number of nitrogens with one attached hydrogen (secondary N) is 1. The average molecular weight is 374 g/mol. The number of carbonyl (C=O) groups excluding carboxylic acids is 1. The zero-order valence-corrected chi connectivity index (χ0v) is 15.7. The largest absolute Gasteiger partial charge is 0.496 e. The van der Waals surface area contributed by atoms with E-state index >= 15 is 0 Å². The molecule has 0 atom stereocenters. The second-order valence-corrected chi connectivity index (χ2v) is 5.70. The fraction of sp³-hybridized carbons (Fsp3) is 0.316. The minimum Gasteiger partial charge on any atom is -0.496 e. The molecule has 0 saturated heterocycles. The van der Waals surface area contributed by atoms with Gasteiger partial charge in [0.05, 0.1) is 31.8 Å². The number of carbonyl (C=O) groups is 1. The van der Waals surface area contributed by atoms with Crippen LogP contribution in [0.3, 0.4) is 0 Å². The number of aryl methyl sites for hydroxylation is 1. The SMILES string of the molecule is CCOc1cc(C(=O)NCc2ccc(C)c(OC)c2)c([N+](=O)[O-])cc1OC. The van der Waals surface area contributed by atoms with Crippen LogP contribution in [0, 0.1) is 17.0 Å². The van der Waals surface area contributed by atoms with Crippen LogP contribution in [0.5, 0.6) is 17.2 Å². The molecule has 27 heavy (non-hydrogen) atoms. The third-order valence-corrected chi connectivity index (χ3v) is 3.95. The first-order valence-corrected chi connectivity index (χ1v) is 8.32. The summed E-state index contributed by atoms with van der Waals surface area (Å²) < 4.78 is 15.8. The quantitative estimate of drug-likeness (QED) is 0.562. The molecule has 0 aromatic heterocycles. The number of nitro benzene ring substituents is 1. The van der Waals surface area contributed by atoms with Crippen LogP contribution < -0.4 is 19.5 Å². The van der Waals surface area contributed by atoms with E-state index in [2.05, 4.69) is 5.32 Å². The van der Waals surface area contributed by atoms with E-state index < -0.39 is 10.8 Å². The lowest BCUT2D eigenvalue weighted by molar-refractivity contribution is -0.385. The van der Waals surface area contributed by atoms with Gasteiger partial charge < -0.3 is 19.5 Å². The molecule has 0 fully saturated rings. The smallest absolute Gasteiger partial charge is 0.286 e. The minimum atomic E-state index is -0.623. The molecule has 0 aliphatic heterocycles. The summed E-state index contributed by atoms with van der Waals surface area (Å²) in [5.41, 5.74) is 1.34. The predicted octanol–water partition coefficient (Wildman–Crippen LogP) is 3.25. The Morgan fingerprint density at radius 1 is 1.11 bits per heavy atom. The highest BCUT2D eigenvalue weighted by atomic mass is 16.6. The lowest BCUT2D eigenvalue weighted by Crippen LogP contribution is -2.24. The summed E-state index contributed by atoms with van der Waals surface area (Å²) in [6.07, 6.45) is 0. The zero-order chi connectivity index (χ0) is 20.0. The molecule has 8 heteroatoms. The molecule has 1 N–H and O–H groups in total. The summed E-state index contributed by atoms with van der Waals surface area (Å²) in [6, 6.07) is 8.06. The van der Waals surface area contributed by atoms with E-state index in [4.69, 9.17) is 14.2 Å². The van der Waals surface area contributed by atoms with E-state index in [1.165, 1.54) is 19.2 Å². The third-order valence-electron chi connectivity index (χ3n) is 3.95. The van der Waals surface area contributed by atoms with Gasteiger partial charge in [0.15, 0.2) is 11.5 Å². The molecular weight excluding hydrogens is 352 g/mol. The Bertz CT molecular complexity index is 850. The number of amides is 1. The van der Waals surface area contributed by atoms with Gasteiger partial charge in [-0.25, -0.2) is 0 Å². The number of methoxy groups -OCH3 is 2. The molecule has 1 amide bonds. The molecule has 144 valence electrons. The monoisotopic (exact) mass is 374 g/mol. The van der Waals surface area contributed by atoms with Crippen LogP contribution in [0.1, 0.15) is 28.4 Å². The maximum absolute atomic E-state index is 12.6. The normalized spacial score (nSPS) is 10.2. The molecule has 2 aromatic rings. The highest BCUT2D eigenvalue weighted by Gasteiger charge is 2.24. The Kier molecular flexibility index (Phi) is 6.59. The van der Waals surface area contributed by atoms with Gasteiger partial charge in [-0.05, 0) is 31.0 Å². The van der Waals surface area contributed by atoms with Gasteiger partial charge in [0.1, 0.15) is 11.3 Å². The van der Waals surface area contributed by atoms with Gasteiger partial charge in [-0.2, -0.15) is 0 Å². The molecule has 8 nitrogen and oxygen atoms in total. The van der Waals surface area contributed by atoms with Crippen molar-refractivity contribution in [2.45, 2.75) is 20.4 Å². The van der Waals surface area contributed by atoms with Crippen molar-refractivity contribution in [3.63, 3.8) is 0 Å². The molecule has 0 spiro atoms.